The Kier molecular flexibility index (Phi) is 3.05. The van der Waals surface area contributed by atoms with Crippen LogP contribution >= 0.6 is 0 Å². The molecule has 0 amide bonds. The van der Waals surface area contributed by atoms with Gasteiger partial charge < -0.3 is 19.1 Å². The number of fused-ring (bicyclic) bond motifs is 1. The fourth-order valence-corrected chi connectivity index (χ4v) is 7.67. The second kappa shape index (κ2) is 5.00. The van der Waals surface area contributed by atoms with Gasteiger partial charge in [-0.1, -0.05) is 18.2 Å². The third-order valence-corrected chi connectivity index (χ3v) is 8.77. The predicted molar refractivity (Wildman–Crippen MR) is 104 cm³/mol. The van der Waals surface area contributed by atoms with E-state index in [9.17, 15) is 4.79 Å². The van der Waals surface area contributed by atoms with Crippen molar-refractivity contribution in [3.05, 3.63) is 35.4 Å². The van der Waals surface area contributed by atoms with Crippen molar-refractivity contribution in [3.8, 4) is 11.5 Å². The Hall–Kier alpha value is -1.85. The van der Waals surface area contributed by atoms with Crippen molar-refractivity contribution in [2.75, 3.05) is 27.8 Å². The molecule has 0 radical (unpaired) electrons. The van der Waals surface area contributed by atoms with E-state index in [0.717, 1.165) is 37.3 Å². The van der Waals surface area contributed by atoms with Gasteiger partial charge in [0.1, 0.15) is 17.5 Å². The van der Waals surface area contributed by atoms with Gasteiger partial charge in [-0.05, 0) is 51.4 Å². The summed E-state index contributed by atoms with van der Waals surface area (Å²) in [7, 11) is 5.67. The van der Waals surface area contributed by atoms with Crippen LogP contribution in [0.2, 0.25) is 0 Å². The number of hydrogen-bond donors (Lipinski definition) is 0. The maximum atomic E-state index is 12.8. The zero-order valence-electron chi connectivity index (χ0n) is 17.0. The Morgan fingerprint density at radius 2 is 2.11 bits per heavy atom. The van der Waals surface area contributed by atoms with Crippen molar-refractivity contribution in [2.45, 2.75) is 49.3 Å². The number of nitrogens with zero attached hydrogens (tertiary/aromatic N) is 1. The first-order chi connectivity index (χ1) is 13.4. The van der Waals surface area contributed by atoms with Crippen molar-refractivity contribution < 1.29 is 19.0 Å². The zero-order valence-corrected chi connectivity index (χ0v) is 17.0. The summed E-state index contributed by atoms with van der Waals surface area (Å²) in [5.74, 6) is 1.68. The van der Waals surface area contributed by atoms with E-state index in [1.165, 1.54) is 11.1 Å². The molecule has 5 nitrogen and oxygen atoms in total. The summed E-state index contributed by atoms with van der Waals surface area (Å²) in [4.78, 5) is 15.3. The molecule has 4 aliphatic carbocycles. The molecule has 6 atom stereocenters. The van der Waals surface area contributed by atoms with Crippen LogP contribution in [-0.4, -0.2) is 56.2 Å². The summed E-state index contributed by atoms with van der Waals surface area (Å²) in [6.45, 7) is 2.74. The molecular weight excluding hydrogens is 354 g/mol. The number of ketones is 1. The molecule has 1 aromatic carbocycles. The maximum absolute atomic E-state index is 12.8. The summed E-state index contributed by atoms with van der Waals surface area (Å²) < 4.78 is 18.7. The second-order valence-electron chi connectivity index (χ2n) is 9.35. The normalized spacial score (nSPS) is 44.2. The van der Waals surface area contributed by atoms with E-state index in [4.69, 9.17) is 14.2 Å². The van der Waals surface area contributed by atoms with Crippen LogP contribution in [0.4, 0.5) is 0 Å². The van der Waals surface area contributed by atoms with E-state index in [1.807, 2.05) is 6.07 Å². The lowest BCUT2D eigenvalue weighted by Crippen LogP contribution is -2.79. The molecule has 2 heterocycles. The predicted octanol–water partition coefficient (Wildman–Crippen LogP) is 2.50. The molecular formula is C23H27NO4. The number of ether oxygens (including phenoxy) is 3. The molecule has 0 aromatic heterocycles. The minimum absolute atomic E-state index is 0.105. The first-order valence-corrected chi connectivity index (χ1v) is 10.3. The van der Waals surface area contributed by atoms with E-state index in [-0.39, 0.29) is 28.6 Å². The van der Waals surface area contributed by atoms with Gasteiger partial charge in [-0.25, -0.2) is 0 Å². The van der Waals surface area contributed by atoms with Gasteiger partial charge in [-0.3, -0.25) is 4.79 Å². The lowest BCUT2D eigenvalue weighted by atomic mass is 9.37. The number of piperidine rings is 1. The summed E-state index contributed by atoms with van der Waals surface area (Å²) in [6.07, 6.45) is 7.19. The first kappa shape index (κ1) is 17.0. The average Bonchev–Trinajstić information content (AvgIpc) is 3.07. The van der Waals surface area contributed by atoms with Crippen molar-refractivity contribution >= 4 is 5.78 Å². The van der Waals surface area contributed by atoms with Crippen LogP contribution in [0.5, 0.6) is 11.5 Å². The van der Waals surface area contributed by atoms with Gasteiger partial charge in [0.25, 0.3) is 0 Å². The molecule has 2 spiro atoms. The highest BCUT2D eigenvalue weighted by Crippen LogP contribution is 2.74. The maximum Gasteiger partial charge on any atom is 0.166 e. The van der Waals surface area contributed by atoms with E-state index in [2.05, 4.69) is 30.2 Å². The number of Topliss-reactive ketones (excluding diaryl/α,β-unsaturated/α-hetero) is 1. The van der Waals surface area contributed by atoms with Gasteiger partial charge in [-0.2, -0.15) is 0 Å². The Morgan fingerprint density at radius 1 is 1.29 bits per heavy atom. The van der Waals surface area contributed by atoms with Gasteiger partial charge in [-0.15, -0.1) is 0 Å². The van der Waals surface area contributed by atoms with Crippen LogP contribution in [0.1, 0.15) is 30.9 Å². The van der Waals surface area contributed by atoms with Crippen LogP contribution in [0.15, 0.2) is 24.3 Å². The molecule has 0 unspecified atom stereocenters. The topological polar surface area (TPSA) is 48.0 Å². The number of benzene rings is 1. The third-order valence-electron chi connectivity index (χ3n) is 8.77. The van der Waals surface area contributed by atoms with E-state index < -0.39 is 5.60 Å². The quantitative estimate of drug-likeness (QED) is 0.753. The SMILES string of the molecule is COc1ccc2c3c1O[C@H]1[C@@]4(OC)C=C[C@@]5(C[C@H]4C(C)=O)[C@@H](C2)N(C)CC[C@]315. The minimum atomic E-state index is -0.716. The van der Waals surface area contributed by atoms with E-state index in [1.54, 1.807) is 21.1 Å². The highest BCUT2D eigenvalue weighted by Gasteiger charge is 2.79. The number of methoxy groups -OCH3 is 2. The lowest BCUT2D eigenvalue weighted by molar-refractivity contribution is -0.212. The van der Waals surface area contributed by atoms with Gasteiger partial charge in [0.05, 0.1) is 18.4 Å². The van der Waals surface area contributed by atoms with Gasteiger partial charge in [0.2, 0.25) is 0 Å². The number of likely N-dealkylation sites (N-methyl/N-ethyl adjacent to an activating group) is 1. The zero-order chi connectivity index (χ0) is 19.5. The molecule has 0 N–H and O–H groups in total. The number of rotatable bonds is 3. The van der Waals surface area contributed by atoms with Crippen molar-refractivity contribution in [1.82, 2.24) is 4.90 Å². The largest absolute Gasteiger partial charge is 0.493 e. The van der Waals surface area contributed by atoms with Crippen molar-refractivity contribution in [3.63, 3.8) is 0 Å². The van der Waals surface area contributed by atoms with Gasteiger partial charge >= 0.3 is 0 Å². The van der Waals surface area contributed by atoms with Crippen LogP contribution in [0.25, 0.3) is 0 Å². The summed E-state index contributed by atoms with van der Waals surface area (Å²) >= 11 is 0. The van der Waals surface area contributed by atoms with Crippen LogP contribution < -0.4 is 9.47 Å². The van der Waals surface area contributed by atoms with Gasteiger partial charge in [0.15, 0.2) is 11.5 Å². The van der Waals surface area contributed by atoms with Crippen LogP contribution in [0.3, 0.4) is 0 Å². The number of likely N-dealkylation sites (tertiary alicyclic amines) is 1. The first-order valence-electron chi connectivity index (χ1n) is 10.3. The summed E-state index contributed by atoms with van der Waals surface area (Å²) in [5, 5.41) is 0. The molecule has 4 bridgehead atoms. The second-order valence-corrected chi connectivity index (χ2v) is 9.35. The molecule has 148 valence electrons. The van der Waals surface area contributed by atoms with Crippen LogP contribution in [-0.2, 0) is 21.4 Å². The molecule has 28 heavy (non-hydrogen) atoms. The third kappa shape index (κ3) is 1.49. The fourth-order valence-electron chi connectivity index (χ4n) is 7.67. The molecule has 2 fully saturated rings. The molecule has 1 saturated heterocycles. The number of carbonyl (C=O) groups is 1. The van der Waals surface area contributed by atoms with Crippen molar-refractivity contribution in [1.29, 1.82) is 0 Å². The molecule has 6 aliphatic rings. The van der Waals surface area contributed by atoms with Gasteiger partial charge in [0, 0.05) is 24.1 Å². The summed E-state index contributed by atoms with van der Waals surface area (Å²) in [5.41, 5.74) is 1.72. The highest BCUT2D eigenvalue weighted by molar-refractivity contribution is 5.82. The molecule has 5 heteroatoms. The standard InChI is InChI=1S/C23H27NO4/c1-13(25)15-12-21-7-8-23(15,27-4)20-22(21)9-10-24(2)17(21)11-14-5-6-16(26-3)19(28-20)18(14)22/h5-8,15,17,20H,9-12H2,1-4H3/t15-,17+,20+,21+,22-,23+/m0/s1. The summed E-state index contributed by atoms with van der Waals surface area (Å²) in [6, 6.07) is 4.62. The Balaban J connectivity index is 1.72. The lowest BCUT2D eigenvalue weighted by Gasteiger charge is -2.70. The number of hydrogen-bond acceptors (Lipinski definition) is 5. The van der Waals surface area contributed by atoms with E-state index in [0.29, 0.717) is 6.04 Å². The Labute approximate surface area is 165 Å². The average molecular weight is 381 g/mol. The molecule has 7 rings (SSSR count). The highest BCUT2D eigenvalue weighted by atomic mass is 16.6. The van der Waals surface area contributed by atoms with Crippen LogP contribution in [0, 0.1) is 11.3 Å². The van der Waals surface area contributed by atoms with E-state index >= 15 is 0 Å². The fraction of sp³-hybridized carbons (Fsp3) is 0.609. The number of carbonyl (C=O) groups excluding carboxylic acids is 1. The Morgan fingerprint density at radius 3 is 2.82 bits per heavy atom. The Bertz CT molecular complexity index is 941. The molecule has 2 aliphatic heterocycles. The molecule has 1 aromatic rings. The molecule has 1 saturated carbocycles. The minimum Gasteiger partial charge on any atom is -0.493 e. The smallest absolute Gasteiger partial charge is 0.166 e. The monoisotopic (exact) mass is 381 g/mol. The van der Waals surface area contributed by atoms with Crippen molar-refractivity contribution in [2.24, 2.45) is 11.3 Å².